The van der Waals surface area contributed by atoms with E-state index in [0.717, 1.165) is 6.42 Å². The molecule has 1 saturated heterocycles. The molecule has 0 bridgehead atoms. The number of carbonyl (C=O) groups excluding carboxylic acids is 2. The SMILES string of the molecule is CCOC(=O)c1cnn2ccc(N3CC4CC4C3c3cc(F)cn([C@@H](C)CNC(=O)OC(C)(C)C)c3=O)nc12. The van der Waals surface area contributed by atoms with Crippen LogP contribution in [0, 0.1) is 17.7 Å². The third kappa shape index (κ3) is 5.32. The molecule has 1 aliphatic heterocycles. The Morgan fingerprint density at radius 2 is 2.08 bits per heavy atom. The fraction of sp³-hybridized carbons (Fsp3) is 0.519. The van der Waals surface area contributed by atoms with E-state index in [1.807, 2.05) is 4.90 Å². The van der Waals surface area contributed by atoms with Crippen LogP contribution in [-0.4, -0.2) is 56.5 Å². The van der Waals surface area contributed by atoms with Crippen LogP contribution in [0.1, 0.15) is 69.0 Å². The molecule has 2 aliphatic rings. The Morgan fingerprint density at radius 1 is 1.31 bits per heavy atom. The summed E-state index contributed by atoms with van der Waals surface area (Å²) in [5, 5.41) is 6.84. The highest BCUT2D eigenvalue weighted by Gasteiger charge is 2.54. The van der Waals surface area contributed by atoms with E-state index in [2.05, 4.69) is 10.4 Å². The minimum absolute atomic E-state index is 0.0915. The maximum absolute atomic E-state index is 14.9. The number of halogens is 1. The predicted molar refractivity (Wildman–Crippen MR) is 140 cm³/mol. The molecule has 1 amide bonds. The Bertz CT molecular complexity index is 1480. The molecular weight excluding hydrogens is 507 g/mol. The van der Waals surface area contributed by atoms with Crippen LogP contribution in [0.3, 0.4) is 0 Å². The predicted octanol–water partition coefficient (Wildman–Crippen LogP) is 3.49. The summed E-state index contributed by atoms with van der Waals surface area (Å²) in [5.74, 6) is 0.0718. The van der Waals surface area contributed by atoms with Crippen LogP contribution in [0.2, 0.25) is 0 Å². The lowest BCUT2D eigenvalue weighted by molar-refractivity contribution is 0.0513. The number of ether oxygens (including phenoxy) is 2. The maximum atomic E-state index is 14.9. The molecule has 3 aromatic rings. The summed E-state index contributed by atoms with van der Waals surface area (Å²) < 4.78 is 28.1. The summed E-state index contributed by atoms with van der Waals surface area (Å²) in [6.45, 7) is 9.72. The van der Waals surface area contributed by atoms with Gasteiger partial charge in [0, 0.05) is 31.0 Å². The number of piperidine rings is 1. The van der Waals surface area contributed by atoms with Gasteiger partial charge in [-0.25, -0.2) is 23.5 Å². The van der Waals surface area contributed by atoms with E-state index < -0.39 is 29.5 Å². The molecular formula is C27H33FN6O5. The summed E-state index contributed by atoms with van der Waals surface area (Å²) in [6, 6.07) is 2.18. The average Bonchev–Trinajstić information content (AvgIpc) is 3.33. The largest absolute Gasteiger partial charge is 0.462 e. The molecule has 1 N–H and O–H groups in total. The molecule has 208 valence electrons. The van der Waals surface area contributed by atoms with E-state index in [-0.39, 0.29) is 36.2 Å². The fourth-order valence-electron chi connectivity index (χ4n) is 5.24. The summed E-state index contributed by atoms with van der Waals surface area (Å²) >= 11 is 0. The van der Waals surface area contributed by atoms with Crippen molar-refractivity contribution >= 4 is 23.5 Å². The van der Waals surface area contributed by atoms with Gasteiger partial charge in [0.05, 0.1) is 24.9 Å². The van der Waals surface area contributed by atoms with E-state index in [1.165, 1.54) is 27.5 Å². The average molecular weight is 541 g/mol. The molecule has 1 saturated carbocycles. The zero-order valence-electron chi connectivity index (χ0n) is 22.7. The number of hydrogen-bond acceptors (Lipinski definition) is 8. The lowest BCUT2D eigenvalue weighted by Gasteiger charge is -2.29. The number of hydrogen-bond donors (Lipinski definition) is 1. The Morgan fingerprint density at radius 3 is 2.79 bits per heavy atom. The van der Waals surface area contributed by atoms with Gasteiger partial charge in [0.1, 0.15) is 22.8 Å². The van der Waals surface area contributed by atoms with Crippen LogP contribution < -0.4 is 15.8 Å². The topological polar surface area (TPSA) is 120 Å². The number of nitrogens with one attached hydrogen (secondary N) is 1. The Kier molecular flexibility index (Phi) is 6.81. The molecule has 0 aromatic carbocycles. The number of fused-ring (bicyclic) bond motifs is 2. The summed E-state index contributed by atoms with van der Waals surface area (Å²) in [6.07, 6.45) is 4.62. The quantitative estimate of drug-likeness (QED) is 0.453. The van der Waals surface area contributed by atoms with Crippen molar-refractivity contribution in [3.05, 3.63) is 58.0 Å². The number of rotatable bonds is 7. The first-order valence-corrected chi connectivity index (χ1v) is 13.1. The number of pyridine rings is 1. The molecule has 3 aromatic heterocycles. The third-order valence-corrected chi connectivity index (χ3v) is 7.07. The minimum Gasteiger partial charge on any atom is -0.462 e. The lowest BCUT2D eigenvalue weighted by Crippen LogP contribution is -2.39. The lowest BCUT2D eigenvalue weighted by atomic mass is 10.0. The summed E-state index contributed by atoms with van der Waals surface area (Å²) in [7, 11) is 0. The van der Waals surface area contributed by atoms with Gasteiger partial charge in [0.15, 0.2) is 5.65 Å². The van der Waals surface area contributed by atoms with Gasteiger partial charge >= 0.3 is 12.1 Å². The number of anilines is 1. The fourth-order valence-corrected chi connectivity index (χ4v) is 5.24. The molecule has 3 unspecified atom stereocenters. The molecule has 0 spiro atoms. The van der Waals surface area contributed by atoms with E-state index in [1.54, 1.807) is 46.9 Å². The zero-order valence-corrected chi connectivity index (χ0v) is 22.7. The highest BCUT2D eigenvalue weighted by atomic mass is 19.1. The molecule has 12 heteroatoms. The first-order chi connectivity index (χ1) is 18.5. The molecule has 11 nitrogen and oxygen atoms in total. The van der Waals surface area contributed by atoms with Gasteiger partial charge in [-0.1, -0.05) is 0 Å². The Labute approximate surface area is 224 Å². The van der Waals surface area contributed by atoms with Gasteiger partial charge in [-0.05, 0) is 65.0 Å². The standard InChI is InChI=1S/C27H33FN6O5/c1-6-38-25(36)20-12-30-34-8-7-21(31-23(20)34)33-13-16-9-18(16)22(33)19-10-17(28)14-32(24(19)35)15(2)11-29-26(37)39-27(3,4)5/h7-8,10,12,14-16,18,22H,6,9,11,13H2,1-5H3,(H,29,37)/t15-,16?,18?,22?/m0/s1. The first kappa shape index (κ1) is 26.6. The van der Waals surface area contributed by atoms with Gasteiger partial charge in [-0.15, -0.1) is 0 Å². The van der Waals surface area contributed by atoms with Crippen molar-refractivity contribution in [3.63, 3.8) is 0 Å². The molecule has 4 atom stereocenters. The second-order valence-electron chi connectivity index (χ2n) is 11.1. The molecule has 2 fully saturated rings. The van der Waals surface area contributed by atoms with Gasteiger partial charge < -0.3 is 24.3 Å². The van der Waals surface area contributed by atoms with Crippen molar-refractivity contribution in [3.8, 4) is 0 Å². The number of carbonyl (C=O) groups is 2. The van der Waals surface area contributed by atoms with Crippen molar-refractivity contribution in [2.75, 3.05) is 24.6 Å². The van der Waals surface area contributed by atoms with Crippen molar-refractivity contribution in [2.45, 2.75) is 58.7 Å². The van der Waals surface area contributed by atoms with Gasteiger partial charge in [0.25, 0.3) is 5.56 Å². The normalized spacial score (nSPS) is 21.0. The van der Waals surface area contributed by atoms with Crippen LogP contribution >= 0.6 is 0 Å². The van der Waals surface area contributed by atoms with Crippen molar-refractivity contribution in [2.24, 2.45) is 11.8 Å². The molecule has 0 radical (unpaired) electrons. The molecule has 4 heterocycles. The zero-order chi connectivity index (χ0) is 28.1. The van der Waals surface area contributed by atoms with E-state index >= 15 is 0 Å². The van der Waals surface area contributed by atoms with Crippen LogP contribution in [0.5, 0.6) is 0 Å². The third-order valence-electron chi connectivity index (χ3n) is 7.07. The number of nitrogens with zero attached hydrogens (tertiary/aromatic N) is 5. The molecule has 39 heavy (non-hydrogen) atoms. The van der Waals surface area contributed by atoms with E-state index in [9.17, 15) is 18.8 Å². The van der Waals surface area contributed by atoms with Gasteiger partial charge in [-0.2, -0.15) is 5.10 Å². The highest BCUT2D eigenvalue weighted by molar-refractivity contribution is 5.95. The number of alkyl carbamates (subject to hydrolysis) is 1. The smallest absolute Gasteiger partial charge is 0.407 e. The molecule has 5 rings (SSSR count). The number of esters is 1. The Hall–Kier alpha value is -3.96. The van der Waals surface area contributed by atoms with E-state index in [4.69, 9.17) is 14.5 Å². The van der Waals surface area contributed by atoms with E-state index in [0.29, 0.717) is 29.5 Å². The number of amides is 1. The van der Waals surface area contributed by atoms with Gasteiger partial charge in [0.2, 0.25) is 0 Å². The van der Waals surface area contributed by atoms with Crippen LogP contribution in [0.15, 0.2) is 35.5 Å². The molecule has 1 aliphatic carbocycles. The number of aromatic nitrogens is 4. The van der Waals surface area contributed by atoms with Crippen LogP contribution in [-0.2, 0) is 9.47 Å². The van der Waals surface area contributed by atoms with Crippen molar-refractivity contribution in [1.82, 2.24) is 24.5 Å². The second-order valence-corrected chi connectivity index (χ2v) is 11.1. The summed E-state index contributed by atoms with van der Waals surface area (Å²) in [4.78, 5) is 44.9. The first-order valence-electron chi connectivity index (χ1n) is 13.1. The van der Waals surface area contributed by atoms with Gasteiger partial charge in [-0.3, -0.25) is 4.79 Å². The van der Waals surface area contributed by atoms with Crippen LogP contribution in [0.25, 0.3) is 5.65 Å². The monoisotopic (exact) mass is 540 g/mol. The van der Waals surface area contributed by atoms with Crippen molar-refractivity contribution in [1.29, 1.82) is 0 Å². The summed E-state index contributed by atoms with van der Waals surface area (Å²) in [5.41, 5.74) is -0.0451. The minimum atomic E-state index is -0.659. The van der Waals surface area contributed by atoms with Crippen LogP contribution in [0.4, 0.5) is 15.0 Å². The highest BCUT2D eigenvalue weighted by Crippen LogP contribution is 2.56. The van der Waals surface area contributed by atoms with Crippen molar-refractivity contribution < 1.29 is 23.5 Å². The Balaban J connectivity index is 1.44. The maximum Gasteiger partial charge on any atom is 0.407 e. The second kappa shape index (κ2) is 9.97.